The summed E-state index contributed by atoms with van der Waals surface area (Å²) in [5.41, 5.74) is 4.65. The van der Waals surface area contributed by atoms with Crippen molar-refractivity contribution < 1.29 is 14.7 Å². The zero-order chi connectivity index (χ0) is 24.1. The van der Waals surface area contributed by atoms with Crippen molar-refractivity contribution in [3.8, 4) is 22.4 Å². The maximum Gasteiger partial charge on any atom is 0.304 e. The molecular weight excluding hydrogens is 468 g/mol. The third kappa shape index (κ3) is 5.53. The molecule has 0 saturated carbocycles. The number of amides is 1. The molecule has 7 heteroatoms. The Balaban J connectivity index is 1.59. The Morgan fingerprint density at radius 1 is 0.971 bits per heavy atom. The highest BCUT2D eigenvalue weighted by Crippen LogP contribution is 2.35. The van der Waals surface area contributed by atoms with Crippen LogP contribution in [0.3, 0.4) is 0 Å². The normalized spacial score (nSPS) is 11.7. The lowest BCUT2D eigenvalue weighted by Crippen LogP contribution is -2.35. The molecule has 3 aromatic carbocycles. The lowest BCUT2D eigenvalue weighted by molar-refractivity contribution is -0.140. The summed E-state index contributed by atoms with van der Waals surface area (Å²) in [6.45, 7) is 0. The SMILES string of the molecule is CN(C(=O)[C@@H](CC(=O)O)Cc1ccccc1)c1nc(-c2ccccc2-c2ccc(Cl)cc2)cs1. The van der Waals surface area contributed by atoms with Crippen LogP contribution in [-0.2, 0) is 16.0 Å². The fourth-order valence-corrected chi connectivity index (χ4v) is 4.78. The van der Waals surface area contributed by atoms with Gasteiger partial charge in [0, 0.05) is 23.0 Å². The minimum absolute atomic E-state index is 0.240. The van der Waals surface area contributed by atoms with E-state index in [1.54, 1.807) is 7.05 Å². The fraction of sp³-hybridized carbons (Fsp3) is 0.148. The molecule has 1 heterocycles. The van der Waals surface area contributed by atoms with E-state index in [4.69, 9.17) is 16.6 Å². The highest BCUT2D eigenvalue weighted by Gasteiger charge is 2.27. The fourth-order valence-electron chi connectivity index (χ4n) is 3.85. The van der Waals surface area contributed by atoms with Crippen molar-refractivity contribution in [3.05, 3.63) is 94.8 Å². The van der Waals surface area contributed by atoms with Crippen LogP contribution >= 0.6 is 22.9 Å². The van der Waals surface area contributed by atoms with E-state index in [0.29, 0.717) is 16.6 Å². The van der Waals surface area contributed by atoms with E-state index < -0.39 is 11.9 Å². The van der Waals surface area contributed by atoms with Gasteiger partial charge >= 0.3 is 5.97 Å². The van der Waals surface area contributed by atoms with Crippen molar-refractivity contribution in [2.75, 3.05) is 11.9 Å². The molecule has 172 valence electrons. The molecule has 0 spiro atoms. The topological polar surface area (TPSA) is 70.5 Å². The summed E-state index contributed by atoms with van der Waals surface area (Å²) in [5, 5.41) is 12.5. The van der Waals surface area contributed by atoms with Crippen LogP contribution < -0.4 is 4.90 Å². The molecule has 0 radical (unpaired) electrons. The quantitative estimate of drug-likeness (QED) is 0.309. The standard InChI is InChI=1S/C27H23ClN2O3S/c1-30(26(33)20(16-25(31)32)15-18-7-3-2-4-8-18)27-29-24(17-34-27)23-10-6-5-9-22(23)19-11-13-21(28)14-12-19/h2-14,17,20H,15-16H2,1H3,(H,31,32)/t20-/m1/s1. The molecule has 1 amide bonds. The van der Waals surface area contributed by atoms with Crippen molar-refractivity contribution in [3.63, 3.8) is 0 Å². The predicted molar refractivity (Wildman–Crippen MR) is 137 cm³/mol. The van der Waals surface area contributed by atoms with Gasteiger partial charge in [0.1, 0.15) is 0 Å². The smallest absolute Gasteiger partial charge is 0.304 e. The molecule has 0 aliphatic carbocycles. The van der Waals surface area contributed by atoms with Crippen LogP contribution in [0.5, 0.6) is 0 Å². The number of carbonyl (C=O) groups is 2. The monoisotopic (exact) mass is 490 g/mol. The van der Waals surface area contributed by atoms with E-state index >= 15 is 0 Å². The van der Waals surface area contributed by atoms with Crippen molar-refractivity contribution in [1.29, 1.82) is 0 Å². The molecule has 1 aromatic heterocycles. The number of aliphatic carboxylic acids is 1. The number of nitrogens with zero attached hydrogens (tertiary/aromatic N) is 2. The minimum Gasteiger partial charge on any atom is -0.481 e. The van der Waals surface area contributed by atoms with Gasteiger partial charge < -0.3 is 5.11 Å². The second kappa shape index (κ2) is 10.6. The summed E-state index contributed by atoms with van der Waals surface area (Å²) >= 11 is 7.40. The molecule has 0 aliphatic heterocycles. The molecule has 0 aliphatic rings. The van der Waals surface area contributed by atoms with E-state index in [-0.39, 0.29) is 12.3 Å². The predicted octanol–water partition coefficient (Wildman–Crippen LogP) is 6.43. The molecule has 0 bridgehead atoms. The molecule has 34 heavy (non-hydrogen) atoms. The van der Waals surface area contributed by atoms with Crippen LogP contribution in [0, 0.1) is 5.92 Å². The molecule has 1 atom stereocenters. The van der Waals surface area contributed by atoms with Crippen molar-refractivity contribution in [1.82, 2.24) is 4.98 Å². The zero-order valence-corrected chi connectivity index (χ0v) is 20.1. The lowest BCUT2D eigenvalue weighted by atomic mass is 9.95. The van der Waals surface area contributed by atoms with Gasteiger partial charge in [0.15, 0.2) is 5.13 Å². The Morgan fingerprint density at radius 2 is 1.62 bits per heavy atom. The first kappa shape index (κ1) is 23.7. The number of carboxylic acid groups (broad SMARTS) is 1. The average molecular weight is 491 g/mol. The van der Waals surface area contributed by atoms with E-state index in [1.165, 1.54) is 16.2 Å². The summed E-state index contributed by atoms with van der Waals surface area (Å²) in [7, 11) is 1.65. The van der Waals surface area contributed by atoms with Crippen molar-refractivity contribution in [2.45, 2.75) is 12.8 Å². The molecule has 4 aromatic rings. The maximum absolute atomic E-state index is 13.3. The highest BCUT2D eigenvalue weighted by molar-refractivity contribution is 7.14. The molecule has 4 rings (SSSR count). The van der Waals surface area contributed by atoms with Gasteiger partial charge in [-0.1, -0.05) is 78.3 Å². The zero-order valence-electron chi connectivity index (χ0n) is 18.5. The van der Waals surface area contributed by atoms with Gasteiger partial charge in [-0.05, 0) is 35.2 Å². The number of anilines is 1. The molecule has 0 saturated heterocycles. The second-order valence-electron chi connectivity index (χ2n) is 7.95. The number of aromatic nitrogens is 1. The molecule has 1 N–H and O–H groups in total. The van der Waals surface area contributed by atoms with Gasteiger partial charge in [-0.2, -0.15) is 0 Å². The number of carbonyl (C=O) groups excluding carboxylic acids is 1. The van der Waals surface area contributed by atoms with Gasteiger partial charge in [0.2, 0.25) is 5.91 Å². The van der Waals surface area contributed by atoms with Crippen LogP contribution in [0.25, 0.3) is 22.4 Å². The van der Waals surface area contributed by atoms with Crippen LogP contribution in [0.4, 0.5) is 5.13 Å². The van der Waals surface area contributed by atoms with E-state index in [2.05, 4.69) is 0 Å². The van der Waals surface area contributed by atoms with Gasteiger partial charge in [-0.15, -0.1) is 11.3 Å². The van der Waals surface area contributed by atoms with Crippen LogP contribution in [0.15, 0.2) is 84.2 Å². The Bertz CT molecular complexity index is 1290. The minimum atomic E-state index is -1.00. The first-order chi connectivity index (χ1) is 16.4. The number of thiazole rings is 1. The number of hydrogen-bond acceptors (Lipinski definition) is 4. The average Bonchev–Trinajstić information content (AvgIpc) is 3.34. The summed E-state index contributed by atoms with van der Waals surface area (Å²) in [6.07, 6.45) is 0.115. The van der Waals surface area contributed by atoms with Crippen LogP contribution in [0.2, 0.25) is 5.02 Å². The van der Waals surface area contributed by atoms with Gasteiger partial charge in [-0.3, -0.25) is 14.5 Å². The number of rotatable bonds is 8. The number of benzene rings is 3. The van der Waals surface area contributed by atoms with Crippen molar-refractivity contribution >= 4 is 39.9 Å². The van der Waals surface area contributed by atoms with Gasteiger partial charge in [-0.25, -0.2) is 4.98 Å². The van der Waals surface area contributed by atoms with E-state index in [0.717, 1.165) is 27.9 Å². The van der Waals surface area contributed by atoms with Gasteiger partial charge in [0.05, 0.1) is 18.0 Å². The largest absolute Gasteiger partial charge is 0.481 e. The number of carboxylic acids is 1. The first-order valence-corrected chi connectivity index (χ1v) is 12.0. The third-order valence-corrected chi connectivity index (χ3v) is 6.73. The molecule has 5 nitrogen and oxygen atoms in total. The molecule has 0 fully saturated rings. The van der Waals surface area contributed by atoms with Crippen molar-refractivity contribution in [2.24, 2.45) is 5.92 Å². The maximum atomic E-state index is 13.3. The van der Waals surface area contributed by atoms with E-state index in [1.807, 2.05) is 84.2 Å². The molecule has 0 unspecified atom stereocenters. The van der Waals surface area contributed by atoms with Crippen LogP contribution in [0.1, 0.15) is 12.0 Å². The van der Waals surface area contributed by atoms with E-state index in [9.17, 15) is 14.7 Å². The summed E-state index contributed by atoms with van der Waals surface area (Å²) in [5.74, 6) is -1.95. The third-order valence-electron chi connectivity index (χ3n) is 5.56. The first-order valence-electron chi connectivity index (χ1n) is 10.8. The Morgan fingerprint density at radius 3 is 2.29 bits per heavy atom. The summed E-state index contributed by atoms with van der Waals surface area (Å²) < 4.78 is 0. The number of halogens is 1. The summed E-state index contributed by atoms with van der Waals surface area (Å²) in [6, 6.07) is 25.0. The number of hydrogen-bond donors (Lipinski definition) is 1. The lowest BCUT2D eigenvalue weighted by Gasteiger charge is -2.21. The highest BCUT2D eigenvalue weighted by atomic mass is 35.5. The summed E-state index contributed by atoms with van der Waals surface area (Å²) in [4.78, 5) is 30.9. The second-order valence-corrected chi connectivity index (χ2v) is 9.22. The Hall–Kier alpha value is -3.48. The Kier molecular flexibility index (Phi) is 7.40. The Labute approximate surface area is 207 Å². The molecular formula is C27H23ClN2O3S. The van der Waals surface area contributed by atoms with Gasteiger partial charge in [0.25, 0.3) is 0 Å². The van der Waals surface area contributed by atoms with Crippen LogP contribution in [-0.4, -0.2) is 29.0 Å².